The molecule has 3 rings (SSSR count). The third-order valence-corrected chi connectivity index (χ3v) is 7.14. The summed E-state index contributed by atoms with van der Waals surface area (Å²) in [5.41, 5.74) is 1.90. The molecule has 0 spiro atoms. The molecule has 1 aliphatic rings. The molecule has 9 heteroatoms. The number of fused-ring (bicyclic) bond motifs is 1. The highest BCUT2D eigenvalue weighted by Crippen LogP contribution is 2.28. The van der Waals surface area contributed by atoms with Crippen LogP contribution in [0, 0.1) is 5.82 Å². The predicted octanol–water partition coefficient (Wildman–Crippen LogP) is 2.41. The zero-order valence-electron chi connectivity index (χ0n) is 14.1. The van der Waals surface area contributed by atoms with E-state index in [4.69, 9.17) is 0 Å². The van der Waals surface area contributed by atoms with Crippen molar-refractivity contribution >= 4 is 25.7 Å². The van der Waals surface area contributed by atoms with Crippen LogP contribution in [-0.2, 0) is 32.9 Å². The van der Waals surface area contributed by atoms with Crippen LogP contribution in [0.3, 0.4) is 0 Å². The van der Waals surface area contributed by atoms with Gasteiger partial charge in [0.25, 0.3) is 10.0 Å². The Balaban J connectivity index is 2.00. The minimum Gasteiger partial charge on any atom is -0.278 e. The summed E-state index contributed by atoms with van der Waals surface area (Å²) in [5, 5.41) is 0. The van der Waals surface area contributed by atoms with Gasteiger partial charge in [-0.2, -0.15) is 0 Å². The Hall–Kier alpha value is -1.97. The quantitative estimate of drug-likeness (QED) is 0.782. The van der Waals surface area contributed by atoms with Gasteiger partial charge in [-0.25, -0.2) is 25.9 Å². The van der Waals surface area contributed by atoms with Gasteiger partial charge < -0.3 is 0 Å². The molecule has 0 radical (unpaired) electrons. The smallest absolute Gasteiger partial charge is 0.261 e. The van der Waals surface area contributed by atoms with Crippen LogP contribution < -0.4 is 9.44 Å². The highest BCUT2D eigenvalue weighted by Gasteiger charge is 2.24. The van der Waals surface area contributed by atoms with E-state index in [-0.39, 0.29) is 17.1 Å². The number of aryl methyl sites for hydroxylation is 2. The number of anilines is 1. The van der Waals surface area contributed by atoms with Crippen molar-refractivity contribution in [2.24, 2.45) is 0 Å². The third kappa shape index (κ3) is 3.74. The van der Waals surface area contributed by atoms with Crippen LogP contribution in [0.1, 0.15) is 24.5 Å². The van der Waals surface area contributed by atoms with Crippen LogP contribution in [0.2, 0.25) is 0 Å². The van der Waals surface area contributed by atoms with Gasteiger partial charge in [0.05, 0.1) is 10.6 Å². The van der Waals surface area contributed by atoms with E-state index in [9.17, 15) is 21.2 Å². The van der Waals surface area contributed by atoms with Gasteiger partial charge in [-0.05, 0) is 60.7 Å². The number of benzene rings is 2. The monoisotopic (exact) mass is 398 g/mol. The molecule has 6 nitrogen and oxygen atoms in total. The number of halogens is 1. The average Bonchev–Trinajstić information content (AvgIpc) is 3.04. The van der Waals surface area contributed by atoms with Gasteiger partial charge in [-0.15, -0.1) is 0 Å². The molecule has 0 bridgehead atoms. The van der Waals surface area contributed by atoms with Crippen molar-refractivity contribution in [3.8, 4) is 0 Å². The van der Waals surface area contributed by atoms with Crippen molar-refractivity contribution in [2.75, 3.05) is 11.3 Å². The third-order valence-electron chi connectivity index (χ3n) is 4.19. The van der Waals surface area contributed by atoms with Crippen LogP contribution >= 0.6 is 0 Å². The molecule has 140 valence electrons. The Morgan fingerprint density at radius 1 is 0.962 bits per heavy atom. The molecule has 0 saturated heterocycles. The van der Waals surface area contributed by atoms with Crippen LogP contribution in [0.25, 0.3) is 0 Å². The first-order valence-corrected chi connectivity index (χ1v) is 11.1. The zero-order valence-corrected chi connectivity index (χ0v) is 15.8. The molecular weight excluding hydrogens is 379 g/mol. The van der Waals surface area contributed by atoms with Crippen molar-refractivity contribution in [3.05, 3.63) is 53.3 Å². The molecule has 2 aromatic rings. The molecule has 0 saturated carbocycles. The van der Waals surface area contributed by atoms with Crippen LogP contribution in [0.15, 0.2) is 46.2 Å². The number of hydrogen-bond donors (Lipinski definition) is 2. The van der Waals surface area contributed by atoms with Crippen molar-refractivity contribution in [1.29, 1.82) is 0 Å². The lowest BCUT2D eigenvalue weighted by molar-refractivity contribution is 0.580. The van der Waals surface area contributed by atoms with E-state index in [2.05, 4.69) is 9.44 Å². The largest absolute Gasteiger partial charge is 0.278 e. The van der Waals surface area contributed by atoms with Gasteiger partial charge in [0.1, 0.15) is 10.7 Å². The highest BCUT2D eigenvalue weighted by atomic mass is 32.2. The fourth-order valence-electron chi connectivity index (χ4n) is 2.99. The normalized spacial score (nSPS) is 14.2. The lowest BCUT2D eigenvalue weighted by atomic mass is 10.1. The SMILES string of the molecule is CCNS(=O)(=O)c1cc(F)ccc1NS(=O)(=O)c1ccc2c(c1)CCC2. The molecule has 2 aromatic carbocycles. The summed E-state index contributed by atoms with van der Waals surface area (Å²) >= 11 is 0. The Morgan fingerprint density at radius 2 is 1.69 bits per heavy atom. The lowest BCUT2D eigenvalue weighted by Gasteiger charge is -2.14. The van der Waals surface area contributed by atoms with E-state index in [0.717, 1.165) is 48.6 Å². The second-order valence-corrected chi connectivity index (χ2v) is 9.45. The molecule has 1 aliphatic carbocycles. The molecule has 0 unspecified atom stereocenters. The standard InChI is InChI=1S/C17H19FN2O4S2/c1-2-19-26(23,24)17-11-14(18)7-9-16(17)20-25(21,22)15-8-6-12-4-3-5-13(12)10-15/h6-11,19-20H,2-5H2,1H3. The maximum Gasteiger partial charge on any atom is 0.261 e. The maximum absolute atomic E-state index is 13.6. The van der Waals surface area contributed by atoms with Crippen molar-refractivity contribution in [2.45, 2.75) is 36.0 Å². The molecule has 0 atom stereocenters. The first-order valence-electron chi connectivity index (χ1n) is 8.17. The van der Waals surface area contributed by atoms with Crippen LogP contribution in [-0.4, -0.2) is 23.4 Å². The van der Waals surface area contributed by atoms with Gasteiger partial charge in [-0.1, -0.05) is 13.0 Å². The van der Waals surface area contributed by atoms with Crippen molar-refractivity contribution in [3.63, 3.8) is 0 Å². The summed E-state index contributed by atoms with van der Waals surface area (Å²) in [5.74, 6) is -0.776. The van der Waals surface area contributed by atoms with Gasteiger partial charge in [0.15, 0.2) is 0 Å². The summed E-state index contributed by atoms with van der Waals surface area (Å²) in [6, 6.07) is 7.77. The van der Waals surface area contributed by atoms with E-state index in [1.54, 1.807) is 19.1 Å². The Bertz CT molecular complexity index is 1050. The predicted molar refractivity (Wildman–Crippen MR) is 96.5 cm³/mol. The first-order chi connectivity index (χ1) is 12.2. The van der Waals surface area contributed by atoms with E-state index >= 15 is 0 Å². The molecule has 0 fully saturated rings. The zero-order chi connectivity index (χ0) is 18.9. The van der Waals surface area contributed by atoms with E-state index in [1.807, 2.05) is 0 Å². The fraction of sp³-hybridized carbons (Fsp3) is 0.294. The molecule has 0 amide bonds. The number of sulfonamides is 2. The van der Waals surface area contributed by atoms with E-state index < -0.39 is 30.8 Å². The van der Waals surface area contributed by atoms with E-state index in [0.29, 0.717) is 0 Å². The highest BCUT2D eigenvalue weighted by molar-refractivity contribution is 7.93. The number of nitrogens with one attached hydrogen (secondary N) is 2. The molecule has 0 aromatic heterocycles. The summed E-state index contributed by atoms with van der Waals surface area (Å²) in [6.07, 6.45) is 2.72. The van der Waals surface area contributed by atoms with Gasteiger partial charge in [0, 0.05) is 6.54 Å². The summed E-state index contributed by atoms with van der Waals surface area (Å²) in [6.45, 7) is 1.67. The average molecular weight is 398 g/mol. The second kappa shape index (κ2) is 6.98. The fourth-order valence-corrected chi connectivity index (χ4v) is 5.40. The van der Waals surface area contributed by atoms with Crippen LogP contribution in [0.5, 0.6) is 0 Å². The first kappa shape index (κ1) is 18.8. The van der Waals surface area contributed by atoms with Gasteiger partial charge >= 0.3 is 0 Å². The molecule has 2 N–H and O–H groups in total. The molecule has 26 heavy (non-hydrogen) atoms. The maximum atomic E-state index is 13.6. The number of hydrogen-bond acceptors (Lipinski definition) is 4. The van der Waals surface area contributed by atoms with Crippen LogP contribution in [0.4, 0.5) is 10.1 Å². The topological polar surface area (TPSA) is 92.3 Å². The minimum absolute atomic E-state index is 0.0503. The summed E-state index contributed by atoms with van der Waals surface area (Å²) in [4.78, 5) is -0.404. The Labute approximate surface area is 152 Å². The van der Waals surface area contributed by atoms with Crippen molar-refractivity contribution < 1.29 is 21.2 Å². The Kier molecular flexibility index (Phi) is 5.05. The summed E-state index contributed by atoms with van der Waals surface area (Å²) in [7, 11) is -8.05. The van der Waals surface area contributed by atoms with Gasteiger partial charge in [0.2, 0.25) is 10.0 Å². The molecular formula is C17H19FN2O4S2. The molecule has 0 heterocycles. The summed E-state index contributed by atoms with van der Waals surface area (Å²) < 4.78 is 68.0. The molecule has 0 aliphatic heterocycles. The van der Waals surface area contributed by atoms with E-state index in [1.165, 1.54) is 6.07 Å². The second-order valence-electron chi connectivity index (χ2n) is 6.03. The Morgan fingerprint density at radius 3 is 2.42 bits per heavy atom. The lowest BCUT2D eigenvalue weighted by Crippen LogP contribution is -2.25. The van der Waals surface area contributed by atoms with Gasteiger partial charge in [-0.3, -0.25) is 4.72 Å². The van der Waals surface area contributed by atoms with Crippen molar-refractivity contribution in [1.82, 2.24) is 4.72 Å². The number of rotatable bonds is 6. The minimum atomic E-state index is -4.04.